The number of hydrogen-bond acceptors (Lipinski definition) is 3. The van der Waals surface area contributed by atoms with E-state index in [2.05, 4.69) is 17.4 Å². The van der Waals surface area contributed by atoms with Gasteiger partial charge in [-0.1, -0.05) is 60.7 Å². The van der Waals surface area contributed by atoms with E-state index in [0.717, 1.165) is 16.9 Å². The Morgan fingerprint density at radius 3 is 2.15 bits per heavy atom. The minimum Gasteiger partial charge on any atom is -0.508 e. The van der Waals surface area contributed by atoms with Crippen molar-refractivity contribution in [3.05, 3.63) is 96.1 Å². The lowest BCUT2D eigenvalue weighted by atomic mass is 9.99. The topological polar surface area (TPSA) is 49.3 Å². The van der Waals surface area contributed by atoms with Crippen LogP contribution in [-0.4, -0.2) is 16.8 Å². The van der Waals surface area contributed by atoms with Crippen LogP contribution in [0.2, 0.25) is 0 Å². The maximum absolute atomic E-state index is 12.5. The number of phenolic OH excluding ortho intramolecular Hbond substituents is 1. The summed E-state index contributed by atoms with van der Waals surface area (Å²) in [6.07, 6.45) is 0.750. The fourth-order valence-corrected chi connectivity index (χ4v) is 3.42. The van der Waals surface area contributed by atoms with E-state index in [1.807, 2.05) is 60.7 Å². The summed E-state index contributed by atoms with van der Waals surface area (Å²) in [6.45, 7) is 0. The highest BCUT2D eigenvalue weighted by Gasteiger charge is 2.15. The van der Waals surface area contributed by atoms with E-state index in [-0.39, 0.29) is 17.7 Å². The third-order valence-electron chi connectivity index (χ3n) is 4.03. The van der Waals surface area contributed by atoms with Crippen molar-refractivity contribution in [2.75, 3.05) is 5.75 Å². The van der Waals surface area contributed by atoms with Gasteiger partial charge in [-0.15, -0.1) is 11.8 Å². The SMILES string of the molecule is O=C(CSc1ccc(O)cc1)NC(Cc1ccccc1)c1ccccc1. The first-order valence-corrected chi connectivity index (χ1v) is 9.49. The van der Waals surface area contributed by atoms with Crippen LogP contribution >= 0.6 is 11.8 Å². The molecule has 4 heteroatoms. The quantitative estimate of drug-likeness (QED) is 0.604. The molecule has 3 aromatic carbocycles. The Balaban J connectivity index is 1.64. The second kappa shape index (κ2) is 9.11. The van der Waals surface area contributed by atoms with Gasteiger partial charge >= 0.3 is 0 Å². The minimum absolute atomic E-state index is 0.00661. The van der Waals surface area contributed by atoms with E-state index < -0.39 is 0 Å². The van der Waals surface area contributed by atoms with Gasteiger partial charge in [0.05, 0.1) is 11.8 Å². The van der Waals surface area contributed by atoms with Crippen molar-refractivity contribution in [3.8, 4) is 5.75 Å². The summed E-state index contributed by atoms with van der Waals surface area (Å²) in [5.41, 5.74) is 2.28. The molecular weight excluding hydrogens is 342 g/mol. The molecule has 0 heterocycles. The molecule has 1 unspecified atom stereocenters. The van der Waals surface area contributed by atoms with Crippen molar-refractivity contribution in [1.82, 2.24) is 5.32 Å². The van der Waals surface area contributed by atoms with Crippen LogP contribution in [0.1, 0.15) is 17.2 Å². The van der Waals surface area contributed by atoms with Crippen LogP contribution in [0.25, 0.3) is 0 Å². The molecule has 132 valence electrons. The zero-order valence-electron chi connectivity index (χ0n) is 14.3. The fraction of sp³-hybridized carbons (Fsp3) is 0.136. The molecule has 1 atom stereocenters. The first-order valence-electron chi connectivity index (χ1n) is 8.51. The normalized spacial score (nSPS) is 11.7. The highest BCUT2D eigenvalue weighted by molar-refractivity contribution is 8.00. The number of nitrogens with one attached hydrogen (secondary N) is 1. The van der Waals surface area contributed by atoms with Crippen LogP contribution in [0.5, 0.6) is 5.75 Å². The second-order valence-corrected chi connectivity index (χ2v) is 7.05. The zero-order valence-corrected chi connectivity index (χ0v) is 15.2. The Morgan fingerprint density at radius 2 is 1.50 bits per heavy atom. The molecule has 0 saturated carbocycles. The van der Waals surface area contributed by atoms with Gasteiger partial charge in [-0.25, -0.2) is 0 Å². The lowest BCUT2D eigenvalue weighted by Gasteiger charge is -2.19. The number of aromatic hydroxyl groups is 1. The van der Waals surface area contributed by atoms with Crippen LogP contribution < -0.4 is 5.32 Å². The summed E-state index contributed by atoms with van der Waals surface area (Å²) in [6, 6.07) is 27.0. The van der Waals surface area contributed by atoms with Gasteiger partial charge in [0.1, 0.15) is 5.75 Å². The molecule has 0 radical (unpaired) electrons. The molecule has 3 rings (SSSR count). The Kier molecular flexibility index (Phi) is 6.34. The molecule has 0 saturated heterocycles. The van der Waals surface area contributed by atoms with Crippen molar-refractivity contribution < 1.29 is 9.90 Å². The smallest absolute Gasteiger partial charge is 0.230 e. The zero-order chi connectivity index (χ0) is 18.2. The summed E-state index contributed by atoms with van der Waals surface area (Å²) < 4.78 is 0. The van der Waals surface area contributed by atoms with Gasteiger partial charge in [0.25, 0.3) is 0 Å². The number of thioether (sulfide) groups is 1. The average Bonchev–Trinajstić information content (AvgIpc) is 2.68. The Morgan fingerprint density at radius 1 is 0.885 bits per heavy atom. The van der Waals surface area contributed by atoms with Crippen LogP contribution in [0.3, 0.4) is 0 Å². The van der Waals surface area contributed by atoms with Crippen LogP contribution in [0.15, 0.2) is 89.8 Å². The first kappa shape index (κ1) is 18.1. The maximum atomic E-state index is 12.5. The first-order chi connectivity index (χ1) is 12.7. The number of amides is 1. The summed E-state index contributed by atoms with van der Waals surface area (Å²) in [5, 5.41) is 12.5. The van der Waals surface area contributed by atoms with Crippen LogP contribution in [0.4, 0.5) is 0 Å². The second-order valence-electron chi connectivity index (χ2n) is 6.00. The van der Waals surface area contributed by atoms with E-state index in [1.165, 1.54) is 17.3 Å². The summed E-state index contributed by atoms with van der Waals surface area (Å²) in [7, 11) is 0. The van der Waals surface area contributed by atoms with Gasteiger partial charge in [0.15, 0.2) is 0 Å². The molecule has 0 aromatic heterocycles. The third kappa shape index (κ3) is 5.39. The van der Waals surface area contributed by atoms with Crippen LogP contribution in [0, 0.1) is 0 Å². The summed E-state index contributed by atoms with van der Waals surface area (Å²) in [4.78, 5) is 13.4. The molecule has 3 aromatic rings. The van der Waals surface area contributed by atoms with Crippen molar-refractivity contribution in [3.63, 3.8) is 0 Å². The Bertz CT molecular complexity index is 820. The van der Waals surface area contributed by atoms with E-state index in [4.69, 9.17) is 0 Å². The van der Waals surface area contributed by atoms with Crippen molar-refractivity contribution in [1.29, 1.82) is 0 Å². The number of carbonyl (C=O) groups is 1. The minimum atomic E-state index is -0.0634. The standard InChI is InChI=1S/C22H21NO2S/c24-19-11-13-20(14-12-19)26-16-22(25)23-21(18-9-5-2-6-10-18)15-17-7-3-1-4-8-17/h1-14,21,24H,15-16H2,(H,23,25). The van der Waals surface area contributed by atoms with Gasteiger partial charge < -0.3 is 10.4 Å². The van der Waals surface area contributed by atoms with E-state index in [9.17, 15) is 9.90 Å². The maximum Gasteiger partial charge on any atom is 0.230 e. The number of hydrogen-bond donors (Lipinski definition) is 2. The molecule has 0 spiro atoms. The molecule has 0 fully saturated rings. The number of carbonyl (C=O) groups excluding carboxylic acids is 1. The molecule has 0 aliphatic rings. The van der Waals surface area contributed by atoms with Gasteiger partial charge in [-0.05, 0) is 41.8 Å². The van der Waals surface area contributed by atoms with E-state index in [0.29, 0.717) is 5.75 Å². The number of benzene rings is 3. The number of phenols is 1. The summed E-state index contributed by atoms with van der Waals surface area (Å²) in [5.74, 6) is 0.557. The lowest BCUT2D eigenvalue weighted by Crippen LogP contribution is -2.31. The lowest BCUT2D eigenvalue weighted by molar-refractivity contribution is -0.119. The van der Waals surface area contributed by atoms with Crippen LogP contribution in [-0.2, 0) is 11.2 Å². The van der Waals surface area contributed by atoms with Gasteiger partial charge in [-0.3, -0.25) is 4.79 Å². The Labute approximate surface area is 158 Å². The van der Waals surface area contributed by atoms with E-state index >= 15 is 0 Å². The highest BCUT2D eigenvalue weighted by atomic mass is 32.2. The molecule has 0 aliphatic heterocycles. The van der Waals surface area contributed by atoms with E-state index in [1.54, 1.807) is 12.1 Å². The third-order valence-corrected chi connectivity index (χ3v) is 5.04. The average molecular weight is 363 g/mol. The predicted molar refractivity (Wildman–Crippen MR) is 106 cm³/mol. The fourth-order valence-electron chi connectivity index (χ4n) is 2.71. The van der Waals surface area contributed by atoms with Gasteiger partial charge in [0, 0.05) is 4.90 Å². The predicted octanol–water partition coefficient (Wildman–Crippen LogP) is 4.58. The molecule has 3 nitrogen and oxygen atoms in total. The van der Waals surface area contributed by atoms with Gasteiger partial charge in [0.2, 0.25) is 5.91 Å². The van der Waals surface area contributed by atoms with Gasteiger partial charge in [-0.2, -0.15) is 0 Å². The van der Waals surface area contributed by atoms with Crippen molar-refractivity contribution in [2.24, 2.45) is 0 Å². The molecule has 0 aliphatic carbocycles. The number of rotatable bonds is 7. The molecule has 26 heavy (non-hydrogen) atoms. The monoisotopic (exact) mass is 363 g/mol. The Hall–Kier alpha value is -2.72. The van der Waals surface area contributed by atoms with Crippen molar-refractivity contribution in [2.45, 2.75) is 17.4 Å². The summed E-state index contributed by atoms with van der Waals surface area (Å²) >= 11 is 1.46. The largest absolute Gasteiger partial charge is 0.508 e. The highest BCUT2D eigenvalue weighted by Crippen LogP contribution is 2.22. The van der Waals surface area contributed by atoms with Crippen molar-refractivity contribution >= 4 is 17.7 Å². The molecule has 1 amide bonds. The molecule has 2 N–H and O–H groups in total. The molecule has 0 bridgehead atoms. The molecular formula is C22H21NO2S.